The van der Waals surface area contributed by atoms with E-state index in [0.717, 1.165) is 17.9 Å². The lowest BCUT2D eigenvalue weighted by Crippen LogP contribution is -2.15. The van der Waals surface area contributed by atoms with Crippen LogP contribution in [0.1, 0.15) is 29.7 Å². The Labute approximate surface area is 118 Å². The third kappa shape index (κ3) is 2.61. The van der Waals surface area contributed by atoms with E-state index >= 15 is 0 Å². The summed E-state index contributed by atoms with van der Waals surface area (Å²) in [6.07, 6.45) is 0. The smallest absolute Gasteiger partial charge is 0.241 e. The first kappa shape index (κ1) is 14.7. The number of nitrogens with zero attached hydrogens (tertiary/aromatic N) is 4. The third-order valence-corrected chi connectivity index (χ3v) is 4.36. The topological polar surface area (TPSA) is 95.8 Å². The Morgan fingerprint density at radius 3 is 2.35 bits per heavy atom. The lowest BCUT2D eigenvalue weighted by Gasteiger charge is -2.07. The van der Waals surface area contributed by atoms with Gasteiger partial charge in [0.05, 0.1) is 29.3 Å². The highest BCUT2D eigenvalue weighted by atomic mass is 32.2. The highest BCUT2D eigenvalue weighted by molar-refractivity contribution is 7.89. The molecule has 2 aromatic rings. The standard InChI is InChI=1S/C12H19N5O2S/c1-5-16-11(6-8(2)14-16)7-17-10(4)12(9(3)15-17)20(13,18)19/h6H,5,7H2,1-4H3,(H2,13,18,19). The van der Waals surface area contributed by atoms with Crippen molar-refractivity contribution in [2.24, 2.45) is 5.14 Å². The molecule has 2 rings (SSSR count). The molecule has 0 fully saturated rings. The molecule has 0 amide bonds. The van der Waals surface area contributed by atoms with Crippen molar-refractivity contribution in [1.82, 2.24) is 19.6 Å². The summed E-state index contributed by atoms with van der Waals surface area (Å²) in [5.41, 5.74) is 2.88. The van der Waals surface area contributed by atoms with Gasteiger partial charge in [0.2, 0.25) is 10.0 Å². The number of aryl methyl sites for hydroxylation is 3. The molecule has 0 aromatic carbocycles. The predicted octanol–water partition coefficient (Wildman–Crippen LogP) is 0.720. The third-order valence-electron chi connectivity index (χ3n) is 3.20. The molecule has 0 saturated carbocycles. The fourth-order valence-corrected chi connectivity index (χ4v) is 3.37. The number of hydrogen-bond donors (Lipinski definition) is 1. The number of nitrogens with two attached hydrogens (primary N) is 1. The maximum absolute atomic E-state index is 11.6. The Hall–Kier alpha value is -1.67. The molecule has 0 radical (unpaired) electrons. The van der Waals surface area contributed by atoms with Gasteiger partial charge in [-0.25, -0.2) is 13.6 Å². The summed E-state index contributed by atoms with van der Waals surface area (Å²) in [5, 5.41) is 13.9. The van der Waals surface area contributed by atoms with E-state index in [0.29, 0.717) is 17.9 Å². The van der Waals surface area contributed by atoms with E-state index in [1.165, 1.54) is 0 Å². The molecule has 20 heavy (non-hydrogen) atoms. The average molecular weight is 297 g/mol. The maximum Gasteiger partial charge on any atom is 0.241 e. The van der Waals surface area contributed by atoms with Gasteiger partial charge in [0.1, 0.15) is 4.90 Å². The molecule has 0 unspecified atom stereocenters. The minimum absolute atomic E-state index is 0.108. The van der Waals surface area contributed by atoms with Crippen LogP contribution in [0.25, 0.3) is 0 Å². The van der Waals surface area contributed by atoms with Gasteiger partial charge in [0, 0.05) is 6.54 Å². The number of primary sulfonamides is 1. The molecular weight excluding hydrogens is 278 g/mol. The maximum atomic E-state index is 11.6. The molecule has 0 bridgehead atoms. The fourth-order valence-electron chi connectivity index (χ4n) is 2.40. The highest BCUT2D eigenvalue weighted by Gasteiger charge is 2.21. The molecule has 0 aliphatic heterocycles. The summed E-state index contributed by atoms with van der Waals surface area (Å²) in [6.45, 7) is 8.51. The zero-order valence-corrected chi connectivity index (χ0v) is 12.9. The lowest BCUT2D eigenvalue weighted by molar-refractivity contribution is 0.565. The monoisotopic (exact) mass is 297 g/mol. The Bertz CT molecular complexity index is 742. The first-order valence-corrected chi connectivity index (χ1v) is 7.88. The van der Waals surface area contributed by atoms with E-state index in [-0.39, 0.29) is 4.90 Å². The molecule has 2 aromatic heterocycles. The van der Waals surface area contributed by atoms with Gasteiger partial charge in [-0.1, -0.05) is 0 Å². The average Bonchev–Trinajstić information content (AvgIpc) is 2.79. The van der Waals surface area contributed by atoms with Crippen LogP contribution < -0.4 is 5.14 Å². The van der Waals surface area contributed by atoms with Crippen LogP contribution in [-0.2, 0) is 23.1 Å². The van der Waals surface area contributed by atoms with E-state index in [4.69, 9.17) is 5.14 Å². The summed E-state index contributed by atoms with van der Waals surface area (Å²) < 4.78 is 26.7. The second-order valence-corrected chi connectivity index (χ2v) is 6.29. The van der Waals surface area contributed by atoms with Crippen LogP contribution in [0, 0.1) is 20.8 Å². The van der Waals surface area contributed by atoms with Crippen LogP contribution in [-0.4, -0.2) is 28.0 Å². The highest BCUT2D eigenvalue weighted by Crippen LogP contribution is 2.19. The molecule has 0 aliphatic rings. The van der Waals surface area contributed by atoms with E-state index in [9.17, 15) is 8.42 Å². The molecule has 2 heterocycles. The summed E-state index contributed by atoms with van der Waals surface area (Å²) in [6, 6.07) is 1.97. The van der Waals surface area contributed by atoms with E-state index in [2.05, 4.69) is 10.2 Å². The van der Waals surface area contributed by atoms with E-state index < -0.39 is 10.0 Å². The van der Waals surface area contributed by atoms with Gasteiger partial charge in [-0.05, 0) is 33.8 Å². The Morgan fingerprint density at radius 1 is 1.20 bits per heavy atom. The van der Waals surface area contributed by atoms with Crippen LogP contribution in [0.5, 0.6) is 0 Å². The van der Waals surface area contributed by atoms with E-state index in [1.54, 1.807) is 18.5 Å². The van der Waals surface area contributed by atoms with Crippen molar-refractivity contribution < 1.29 is 8.42 Å². The predicted molar refractivity (Wildman–Crippen MR) is 74.8 cm³/mol. The van der Waals surface area contributed by atoms with Crippen molar-refractivity contribution in [2.75, 3.05) is 0 Å². The van der Waals surface area contributed by atoms with Crippen LogP contribution in [0.2, 0.25) is 0 Å². The molecule has 8 heteroatoms. The minimum Gasteiger partial charge on any atom is -0.268 e. The SMILES string of the molecule is CCn1nc(C)cc1Cn1nc(C)c(S(N)(=O)=O)c1C. The van der Waals surface area contributed by atoms with Gasteiger partial charge in [-0.3, -0.25) is 9.36 Å². The van der Waals surface area contributed by atoms with Gasteiger partial charge < -0.3 is 0 Å². The zero-order valence-electron chi connectivity index (χ0n) is 12.1. The van der Waals surface area contributed by atoms with Gasteiger partial charge in [0.25, 0.3) is 0 Å². The zero-order chi connectivity index (χ0) is 15.1. The molecule has 7 nitrogen and oxygen atoms in total. The summed E-state index contributed by atoms with van der Waals surface area (Å²) in [4.78, 5) is 0.108. The summed E-state index contributed by atoms with van der Waals surface area (Å²) in [5.74, 6) is 0. The van der Waals surface area contributed by atoms with Gasteiger partial charge in [-0.2, -0.15) is 10.2 Å². The Balaban J connectivity index is 2.45. The normalized spacial score (nSPS) is 12.1. The van der Waals surface area contributed by atoms with Crippen LogP contribution >= 0.6 is 0 Å². The van der Waals surface area contributed by atoms with Crippen molar-refractivity contribution in [2.45, 2.75) is 45.7 Å². The van der Waals surface area contributed by atoms with Gasteiger partial charge in [-0.15, -0.1) is 0 Å². The van der Waals surface area contributed by atoms with Crippen molar-refractivity contribution in [3.8, 4) is 0 Å². The second-order valence-electron chi connectivity index (χ2n) is 4.80. The quantitative estimate of drug-likeness (QED) is 0.899. The van der Waals surface area contributed by atoms with Crippen molar-refractivity contribution in [3.05, 3.63) is 28.8 Å². The molecule has 0 aliphatic carbocycles. The van der Waals surface area contributed by atoms with Crippen molar-refractivity contribution in [3.63, 3.8) is 0 Å². The minimum atomic E-state index is -3.75. The van der Waals surface area contributed by atoms with Gasteiger partial charge in [0.15, 0.2) is 0 Å². The Kier molecular flexibility index (Phi) is 3.70. The van der Waals surface area contributed by atoms with Crippen molar-refractivity contribution >= 4 is 10.0 Å². The van der Waals surface area contributed by atoms with Crippen LogP contribution in [0.4, 0.5) is 0 Å². The van der Waals surface area contributed by atoms with E-state index in [1.807, 2.05) is 24.6 Å². The Morgan fingerprint density at radius 2 is 1.85 bits per heavy atom. The first-order chi connectivity index (χ1) is 9.24. The number of rotatable bonds is 4. The molecule has 0 spiro atoms. The van der Waals surface area contributed by atoms with Crippen LogP contribution in [0.15, 0.2) is 11.0 Å². The van der Waals surface area contributed by atoms with Crippen LogP contribution in [0.3, 0.4) is 0 Å². The number of aromatic nitrogens is 4. The molecule has 0 atom stereocenters. The number of sulfonamides is 1. The fraction of sp³-hybridized carbons (Fsp3) is 0.500. The largest absolute Gasteiger partial charge is 0.268 e. The van der Waals surface area contributed by atoms with Gasteiger partial charge >= 0.3 is 0 Å². The second kappa shape index (κ2) is 5.02. The molecule has 110 valence electrons. The lowest BCUT2D eigenvalue weighted by atomic mass is 10.3. The molecular formula is C12H19N5O2S. The molecule has 2 N–H and O–H groups in total. The summed E-state index contributed by atoms with van der Waals surface area (Å²) >= 11 is 0. The number of hydrogen-bond acceptors (Lipinski definition) is 4. The first-order valence-electron chi connectivity index (χ1n) is 6.34. The molecule has 0 saturated heterocycles. The van der Waals surface area contributed by atoms with Crippen molar-refractivity contribution in [1.29, 1.82) is 0 Å². The summed E-state index contributed by atoms with van der Waals surface area (Å²) in [7, 11) is -3.75.